The molecule has 0 saturated carbocycles. The molecule has 0 bridgehead atoms. The van der Waals surface area contributed by atoms with Crippen LogP contribution >= 0.6 is 0 Å². The van der Waals surface area contributed by atoms with E-state index in [2.05, 4.69) is 0 Å². The predicted octanol–water partition coefficient (Wildman–Crippen LogP) is 0.0136. The molecule has 0 radical (unpaired) electrons. The molecule has 0 atom stereocenters. The number of hydrogen-bond acceptors (Lipinski definition) is 3. The topological polar surface area (TPSA) is 75.6 Å². The van der Waals surface area contributed by atoms with Gasteiger partial charge in [-0.25, -0.2) is 4.79 Å². The molecule has 0 aromatic carbocycles. The Morgan fingerprint density at radius 2 is 1.50 bits per heavy atom. The number of rotatable bonds is 5. The van der Waals surface area contributed by atoms with E-state index < -0.39 is 6.17 Å². The Bertz CT molecular complexity index is 168. The highest BCUT2D eigenvalue weighted by molar-refractivity contribution is 5.74. The molecule has 0 rings (SSSR count). The van der Waals surface area contributed by atoms with E-state index in [4.69, 9.17) is 11.5 Å². The molecule has 2 amide bonds. The molecular formula is C9H22N4O. The Morgan fingerprint density at radius 1 is 1.07 bits per heavy atom. The van der Waals surface area contributed by atoms with Crippen molar-refractivity contribution in [2.24, 2.45) is 11.5 Å². The van der Waals surface area contributed by atoms with Gasteiger partial charge >= 0.3 is 6.03 Å². The molecule has 0 aromatic heterocycles. The van der Waals surface area contributed by atoms with E-state index in [1.54, 1.807) is 9.80 Å². The van der Waals surface area contributed by atoms with Crippen LogP contribution in [0.25, 0.3) is 0 Å². The molecule has 0 unspecified atom stereocenters. The normalized spacial score (nSPS) is 10.4. The Balaban J connectivity index is 4.28. The standard InChI is InChI=1S/C9H22N4O/c1-4-12(5-2)9(14)13(6-3)7-8(10)11/h8H,4-7,10-11H2,1-3H3. The molecule has 0 heterocycles. The zero-order valence-corrected chi connectivity index (χ0v) is 9.36. The summed E-state index contributed by atoms with van der Waals surface area (Å²) < 4.78 is 0. The zero-order chi connectivity index (χ0) is 11.1. The van der Waals surface area contributed by atoms with Gasteiger partial charge in [-0.05, 0) is 20.8 Å². The van der Waals surface area contributed by atoms with E-state index in [0.717, 1.165) is 0 Å². The summed E-state index contributed by atoms with van der Waals surface area (Å²) in [5, 5.41) is 0. The first-order valence-electron chi connectivity index (χ1n) is 5.11. The van der Waals surface area contributed by atoms with Crippen molar-refractivity contribution in [2.75, 3.05) is 26.2 Å². The summed E-state index contributed by atoms with van der Waals surface area (Å²) in [4.78, 5) is 15.2. The Hall–Kier alpha value is -0.810. The lowest BCUT2D eigenvalue weighted by atomic mass is 10.4. The first-order chi connectivity index (χ1) is 6.56. The van der Waals surface area contributed by atoms with Crippen molar-refractivity contribution < 1.29 is 4.79 Å². The molecule has 0 fully saturated rings. The van der Waals surface area contributed by atoms with Gasteiger partial charge in [-0.2, -0.15) is 0 Å². The van der Waals surface area contributed by atoms with Crippen molar-refractivity contribution in [3.8, 4) is 0 Å². The number of likely N-dealkylation sites (N-methyl/N-ethyl adjacent to an activating group) is 1. The maximum atomic E-state index is 11.8. The van der Waals surface area contributed by atoms with Gasteiger partial charge < -0.3 is 21.3 Å². The van der Waals surface area contributed by atoms with E-state index in [1.807, 2.05) is 20.8 Å². The average molecular weight is 202 g/mol. The van der Waals surface area contributed by atoms with Crippen molar-refractivity contribution in [2.45, 2.75) is 26.9 Å². The molecule has 0 aliphatic rings. The molecule has 4 N–H and O–H groups in total. The van der Waals surface area contributed by atoms with Crippen LogP contribution in [-0.2, 0) is 0 Å². The molecular weight excluding hydrogens is 180 g/mol. The zero-order valence-electron chi connectivity index (χ0n) is 9.36. The van der Waals surface area contributed by atoms with Gasteiger partial charge in [-0.3, -0.25) is 0 Å². The SMILES string of the molecule is CCN(CC)C(=O)N(CC)CC(N)N. The molecule has 0 aliphatic heterocycles. The second kappa shape index (κ2) is 6.62. The highest BCUT2D eigenvalue weighted by Crippen LogP contribution is 1.98. The largest absolute Gasteiger partial charge is 0.325 e. The summed E-state index contributed by atoms with van der Waals surface area (Å²) >= 11 is 0. The van der Waals surface area contributed by atoms with Gasteiger partial charge in [-0.15, -0.1) is 0 Å². The Kier molecular flexibility index (Phi) is 6.23. The van der Waals surface area contributed by atoms with Crippen molar-refractivity contribution in [3.63, 3.8) is 0 Å². The van der Waals surface area contributed by atoms with Crippen molar-refractivity contribution in [1.29, 1.82) is 0 Å². The first-order valence-corrected chi connectivity index (χ1v) is 5.11. The summed E-state index contributed by atoms with van der Waals surface area (Å²) in [6, 6.07) is 0.0124. The third-order valence-corrected chi connectivity index (χ3v) is 2.12. The van der Waals surface area contributed by atoms with E-state index >= 15 is 0 Å². The van der Waals surface area contributed by atoms with Gasteiger partial charge in [0.15, 0.2) is 0 Å². The van der Waals surface area contributed by atoms with Crippen molar-refractivity contribution >= 4 is 6.03 Å². The summed E-state index contributed by atoms with van der Waals surface area (Å²) in [7, 11) is 0. The summed E-state index contributed by atoms with van der Waals surface area (Å²) in [5.74, 6) is 0. The number of nitrogens with zero attached hydrogens (tertiary/aromatic N) is 2. The Morgan fingerprint density at radius 3 is 1.79 bits per heavy atom. The molecule has 84 valence electrons. The fraction of sp³-hybridized carbons (Fsp3) is 0.889. The van der Waals surface area contributed by atoms with Crippen LogP contribution in [0, 0.1) is 0 Å². The number of hydrogen-bond donors (Lipinski definition) is 2. The number of carbonyl (C=O) groups is 1. The molecule has 14 heavy (non-hydrogen) atoms. The number of carbonyl (C=O) groups excluding carboxylic acids is 1. The first kappa shape index (κ1) is 13.2. The van der Waals surface area contributed by atoms with Crippen LogP contribution in [0.5, 0.6) is 0 Å². The lowest BCUT2D eigenvalue weighted by Crippen LogP contribution is -2.50. The average Bonchev–Trinajstić information content (AvgIpc) is 2.15. The number of urea groups is 1. The van der Waals surface area contributed by atoms with Crippen LogP contribution in [0.1, 0.15) is 20.8 Å². The summed E-state index contributed by atoms with van der Waals surface area (Å²) in [6.07, 6.45) is -0.463. The minimum absolute atomic E-state index is 0.0124. The van der Waals surface area contributed by atoms with Gasteiger partial charge in [0.1, 0.15) is 0 Å². The van der Waals surface area contributed by atoms with Gasteiger partial charge in [-0.1, -0.05) is 0 Å². The van der Waals surface area contributed by atoms with Gasteiger partial charge in [0, 0.05) is 19.6 Å². The fourth-order valence-corrected chi connectivity index (χ4v) is 1.29. The second-order valence-corrected chi connectivity index (χ2v) is 3.16. The van der Waals surface area contributed by atoms with E-state index in [1.165, 1.54) is 0 Å². The van der Waals surface area contributed by atoms with E-state index in [-0.39, 0.29) is 6.03 Å². The second-order valence-electron chi connectivity index (χ2n) is 3.16. The minimum Gasteiger partial charge on any atom is -0.325 e. The van der Waals surface area contributed by atoms with Crippen LogP contribution in [0.15, 0.2) is 0 Å². The molecule has 0 spiro atoms. The van der Waals surface area contributed by atoms with Crippen LogP contribution < -0.4 is 11.5 Å². The highest BCUT2D eigenvalue weighted by atomic mass is 16.2. The van der Waals surface area contributed by atoms with Gasteiger partial charge in [0.05, 0.1) is 12.7 Å². The maximum Gasteiger partial charge on any atom is 0.320 e. The predicted molar refractivity (Wildman–Crippen MR) is 57.7 cm³/mol. The fourth-order valence-electron chi connectivity index (χ4n) is 1.29. The van der Waals surface area contributed by atoms with Crippen LogP contribution in [-0.4, -0.2) is 48.2 Å². The van der Waals surface area contributed by atoms with Crippen molar-refractivity contribution in [3.05, 3.63) is 0 Å². The van der Waals surface area contributed by atoms with E-state index in [9.17, 15) is 4.79 Å². The number of nitrogens with two attached hydrogens (primary N) is 2. The molecule has 0 aromatic rings. The van der Waals surface area contributed by atoms with Gasteiger partial charge in [0.25, 0.3) is 0 Å². The minimum atomic E-state index is -0.463. The molecule has 0 aliphatic carbocycles. The monoisotopic (exact) mass is 202 g/mol. The third kappa shape index (κ3) is 3.93. The number of amides is 2. The molecule has 5 nitrogen and oxygen atoms in total. The lowest BCUT2D eigenvalue weighted by Gasteiger charge is -2.29. The third-order valence-electron chi connectivity index (χ3n) is 2.12. The van der Waals surface area contributed by atoms with Crippen LogP contribution in [0.3, 0.4) is 0 Å². The maximum absolute atomic E-state index is 11.8. The quantitative estimate of drug-likeness (QED) is 0.617. The highest BCUT2D eigenvalue weighted by Gasteiger charge is 2.17. The molecule has 0 saturated heterocycles. The molecule has 5 heteroatoms. The van der Waals surface area contributed by atoms with E-state index in [0.29, 0.717) is 26.2 Å². The summed E-state index contributed by atoms with van der Waals surface area (Å²) in [5.41, 5.74) is 10.9. The Labute approximate surface area is 86.0 Å². The smallest absolute Gasteiger partial charge is 0.320 e. The van der Waals surface area contributed by atoms with Crippen LogP contribution in [0.4, 0.5) is 4.79 Å². The lowest BCUT2D eigenvalue weighted by molar-refractivity contribution is 0.157. The van der Waals surface area contributed by atoms with Crippen molar-refractivity contribution in [1.82, 2.24) is 9.80 Å². The summed E-state index contributed by atoms with van der Waals surface area (Å²) in [6.45, 7) is 8.31. The van der Waals surface area contributed by atoms with Crippen LogP contribution in [0.2, 0.25) is 0 Å². The van der Waals surface area contributed by atoms with Gasteiger partial charge in [0.2, 0.25) is 0 Å².